The lowest BCUT2D eigenvalue weighted by atomic mass is 10.1. The molecule has 3 heteroatoms. The number of piperidine rings is 1. The molecule has 0 N–H and O–H groups in total. The second-order valence-corrected chi connectivity index (χ2v) is 4.23. The predicted octanol–water partition coefficient (Wildman–Crippen LogP) is 0.797. The van der Waals surface area contributed by atoms with Crippen LogP contribution < -0.4 is 0 Å². The van der Waals surface area contributed by atoms with Crippen molar-refractivity contribution in [1.29, 1.82) is 0 Å². The fourth-order valence-corrected chi connectivity index (χ4v) is 2.19. The van der Waals surface area contributed by atoms with E-state index in [1.54, 1.807) is 0 Å². The van der Waals surface area contributed by atoms with Gasteiger partial charge in [-0.3, -0.25) is 0 Å². The van der Waals surface area contributed by atoms with E-state index in [-0.39, 0.29) is 12.6 Å². The normalized spacial score (nSPS) is 18.1. The summed E-state index contributed by atoms with van der Waals surface area (Å²) >= 11 is 0. The molecule has 3 nitrogen and oxygen atoms in total. The van der Waals surface area contributed by atoms with Gasteiger partial charge < -0.3 is 9.22 Å². The molecule has 16 heavy (non-hydrogen) atoms. The summed E-state index contributed by atoms with van der Waals surface area (Å²) in [6.07, 6.45) is 13.9. The first kappa shape index (κ1) is 12.6. The quantitative estimate of drug-likeness (QED) is 0.398. The van der Waals surface area contributed by atoms with Crippen LogP contribution in [-0.4, -0.2) is 43.2 Å². The van der Waals surface area contributed by atoms with Gasteiger partial charge in [-0.1, -0.05) is 5.92 Å². The molecule has 1 heterocycles. The second-order valence-electron chi connectivity index (χ2n) is 4.23. The number of carbonyl (C=O) groups excluding carboxylic acids is 1. The van der Waals surface area contributed by atoms with Gasteiger partial charge in [0.2, 0.25) is 0 Å². The van der Waals surface area contributed by atoms with Crippen LogP contribution in [0.5, 0.6) is 0 Å². The first-order chi connectivity index (χ1) is 7.72. The van der Waals surface area contributed by atoms with Gasteiger partial charge in [-0.25, -0.2) is 4.79 Å². The molecule has 1 aliphatic heterocycles. The van der Waals surface area contributed by atoms with Crippen molar-refractivity contribution in [2.24, 2.45) is 0 Å². The van der Waals surface area contributed by atoms with Gasteiger partial charge in [-0.15, -0.1) is 12.8 Å². The van der Waals surface area contributed by atoms with Crippen molar-refractivity contribution in [2.75, 3.05) is 32.8 Å². The fraction of sp³-hybridized carbons (Fsp3) is 0.615. The highest BCUT2D eigenvalue weighted by Gasteiger charge is 2.32. The highest BCUT2D eigenvalue weighted by atomic mass is 16.5. The average Bonchev–Trinajstić information content (AvgIpc) is 2.28. The number of nitrogens with zero attached hydrogens (tertiary/aromatic N) is 1. The van der Waals surface area contributed by atoms with Crippen molar-refractivity contribution >= 4 is 5.97 Å². The monoisotopic (exact) mass is 220 g/mol. The average molecular weight is 220 g/mol. The zero-order valence-corrected chi connectivity index (χ0v) is 9.58. The topological polar surface area (TPSA) is 26.3 Å². The molecule has 0 aromatic heterocycles. The lowest BCUT2D eigenvalue weighted by Gasteiger charge is -2.38. The Labute approximate surface area is 97.4 Å². The first-order valence-electron chi connectivity index (χ1n) is 5.60. The van der Waals surface area contributed by atoms with Crippen LogP contribution in [0, 0.1) is 24.7 Å². The molecule has 86 valence electrons. The van der Waals surface area contributed by atoms with E-state index < -0.39 is 0 Å². The molecule has 0 atom stereocenters. The second kappa shape index (κ2) is 6.20. The summed E-state index contributed by atoms with van der Waals surface area (Å²) < 4.78 is 5.57. The molecular weight excluding hydrogens is 202 g/mol. The number of carbonyl (C=O) groups is 1. The van der Waals surface area contributed by atoms with Crippen molar-refractivity contribution in [2.45, 2.75) is 19.3 Å². The maximum atomic E-state index is 11.5. The van der Waals surface area contributed by atoms with Gasteiger partial charge >= 0.3 is 5.97 Å². The standard InChI is InChI=1S/C13H18NO2/c1-3-8-14(9-6-5-7-10-14)12-13(15)16-11-4-2/h1-2H,5-12H2/q+1. The zero-order chi connectivity index (χ0) is 11.9. The van der Waals surface area contributed by atoms with Gasteiger partial charge in [0.05, 0.1) is 13.1 Å². The molecule has 1 rings (SSSR count). The first-order valence-corrected chi connectivity index (χ1v) is 5.60. The number of hydrogen-bond donors (Lipinski definition) is 0. The minimum Gasteiger partial charge on any atom is -0.448 e. The highest BCUT2D eigenvalue weighted by molar-refractivity contribution is 5.70. The summed E-state index contributed by atoms with van der Waals surface area (Å²) in [6.45, 7) is 2.94. The number of esters is 1. The summed E-state index contributed by atoms with van der Waals surface area (Å²) in [5.74, 6) is 4.71. The van der Waals surface area contributed by atoms with Crippen molar-refractivity contribution in [3.63, 3.8) is 0 Å². The van der Waals surface area contributed by atoms with Gasteiger partial charge in [-0.2, -0.15) is 0 Å². The summed E-state index contributed by atoms with van der Waals surface area (Å²) in [5, 5.41) is 0. The molecule has 0 aromatic carbocycles. The van der Waals surface area contributed by atoms with Gasteiger partial charge in [-0.05, 0) is 25.2 Å². The minimum absolute atomic E-state index is 0.0505. The van der Waals surface area contributed by atoms with E-state index in [1.165, 1.54) is 6.42 Å². The van der Waals surface area contributed by atoms with E-state index in [0.717, 1.165) is 25.9 Å². The Balaban J connectivity index is 2.54. The smallest absolute Gasteiger partial charge is 0.362 e. The van der Waals surface area contributed by atoms with Crippen molar-refractivity contribution in [1.82, 2.24) is 0 Å². The number of ether oxygens (including phenoxy) is 1. The Kier molecular flexibility index (Phi) is 4.89. The summed E-state index contributed by atoms with van der Waals surface area (Å²) in [6, 6.07) is 0. The molecule has 1 aliphatic rings. The molecule has 0 amide bonds. The Morgan fingerprint density at radius 2 is 1.88 bits per heavy atom. The van der Waals surface area contributed by atoms with E-state index in [2.05, 4.69) is 11.8 Å². The third-order valence-electron chi connectivity index (χ3n) is 2.97. The van der Waals surface area contributed by atoms with Gasteiger partial charge in [0.25, 0.3) is 0 Å². The number of rotatable bonds is 4. The number of quaternary nitrogens is 1. The molecule has 0 aliphatic carbocycles. The third kappa shape index (κ3) is 3.61. The van der Waals surface area contributed by atoms with Crippen LogP contribution >= 0.6 is 0 Å². The van der Waals surface area contributed by atoms with E-state index in [1.807, 2.05) is 0 Å². The van der Waals surface area contributed by atoms with Gasteiger partial charge in [0.15, 0.2) is 13.2 Å². The Morgan fingerprint density at radius 3 is 2.44 bits per heavy atom. The zero-order valence-electron chi connectivity index (χ0n) is 9.58. The molecule has 0 radical (unpaired) electrons. The van der Waals surface area contributed by atoms with E-state index >= 15 is 0 Å². The Hall–Kier alpha value is -1.45. The molecule has 0 aromatic rings. The number of likely N-dealkylation sites (tertiary alicyclic amines) is 1. The largest absolute Gasteiger partial charge is 0.448 e. The molecule has 0 unspecified atom stereocenters. The Morgan fingerprint density at radius 1 is 1.19 bits per heavy atom. The molecule has 0 saturated carbocycles. The van der Waals surface area contributed by atoms with Crippen LogP contribution in [0.4, 0.5) is 0 Å². The lowest BCUT2D eigenvalue weighted by molar-refractivity contribution is -0.919. The minimum atomic E-state index is -0.241. The summed E-state index contributed by atoms with van der Waals surface area (Å²) in [5.41, 5.74) is 0. The third-order valence-corrected chi connectivity index (χ3v) is 2.97. The SMILES string of the molecule is C#CCOC(=O)C[N+]1(CC#C)CCCCC1. The van der Waals surface area contributed by atoms with E-state index in [9.17, 15) is 4.79 Å². The maximum Gasteiger partial charge on any atom is 0.362 e. The van der Waals surface area contributed by atoms with Gasteiger partial charge in [0, 0.05) is 0 Å². The summed E-state index contributed by atoms with van der Waals surface area (Å²) in [4.78, 5) is 11.5. The van der Waals surface area contributed by atoms with Crippen molar-refractivity contribution in [3.8, 4) is 24.7 Å². The van der Waals surface area contributed by atoms with Crippen LogP contribution in [0.2, 0.25) is 0 Å². The fourth-order valence-electron chi connectivity index (χ4n) is 2.19. The highest BCUT2D eigenvalue weighted by Crippen LogP contribution is 2.18. The Bertz CT molecular complexity index is 316. The van der Waals surface area contributed by atoms with E-state index in [4.69, 9.17) is 17.6 Å². The molecule has 1 fully saturated rings. The van der Waals surface area contributed by atoms with Gasteiger partial charge in [0.1, 0.15) is 6.54 Å². The van der Waals surface area contributed by atoms with E-state index in [0.29, 0.717) is 17.6 Å². The van der Waals surface area contributed by atoms with Crippen molar-refractivity contribution < 1.29 is 14.0 Å². The molecule has 0 spiro atoms. The number of hydrogen-bond acceptors (Lipinski definition) is 2. The predicted molar refractivity (Wildman–Crippen MR) is 62.2 cm³/mol. The van der Waals surface area contributed by atoms with Crippen LogP contribution in [0.25, 0.3) is 0 Å². The van der Waals surface area contributed by atoms with Crippen LogP contribution in [0.15, 0.2) is 0 Å². The molecule has 1 saturated heterocycles. The van der Waals surface area contributed by atoms with Crippen LogP contribution in [0.3, 0.4) is 0 Å². The lowest BCUT2D eigenvalue weighted by Crippen LogP contribution is -2.54. The molecular formula is C13H18NO2+. The maximum absolute atomic E-state index is 11.5. The van der Waals surface area contributed by atoms with Crippen molar-refractivity contribution in [3.05, 3.63) is 0 Å². The van der Waals surface area contributed by atoms with Crippen LogP contribution in [-0.2, 0) is 9.53 Å². The summed E-state index contributed by atoms with van der Waals surface area (Å²) in [7, 11) is 0. The number of terminal acetylenes is 2. The van der Waals surface area contributed by atoms with Crippen LogP contribution in [0.1, 0.15) is 19.3 Å². The molecule has 0 bridgehead atoms.